The van der Waals surface area contributed by atoms with Crippen molar-refractivity contribution in [3.8, 4) is 0 Å². The van der Waals surface area contributed by atoms with Crippen LogP contribution in [-0.4, -0.2) is 32.6 Å². The number of rotatable bonds is 2. The number of aromatic carboxylic acids is 1. The van der Waals surface area contributed by atoms with E-state index in [1.807, 2.05) is 9.97 Å². The van der Waals surface area contributed by atoms with Gasteiger partial charge in [-0.05, 0) is 5.22 Å². The van der Waals surface area contributed by atoms with E-state index in [1.165, 1.54) is 0 Å². The number of nitrogens with one attached hydrogen (secondary N) is 3. The van der Waals surface area contributed by atoms with Gasteiger partial charge in [-0.25, -0.2) is 9.59 Å². The lowest BCUT2D eigenvalue weighted by molar-refractivity contribution is 0.0689. The normalized spacial score (nSPS) is 13.9. The summed E-state index contributed by atoms with van der Waals surface area (Å²) in [4.78, 5) is 37.1. The highest BCUT2D eigenvalue weighted by Crippen LogP contribution is 2.07. The Bertz CT molecular complexity index is 693. The standard InChI is InChI=1S/C7H4N6O4/c8-4-2(11-13-12-4)1-3(6(15)16)9-7(17)10-5(1)14/h8H,(H,15,16)(H2,9,10,14,17). The summed E-state index contributed by atoms with van der Waals surface area (Å²) in [6.07, 6.45) is 0. The number of carboxylic acids is 1. The SMILES string of the molecule is N=C1N=NN=C1c1c(C(=O)O)[nH]c(=O)[nH]c1=O. The van der Waals surface area contributed by atoms with Gasteiger partial charge < -0.3 is 10.1 Å². The molecule has 0 radical (unpaired) electrons. The number of amidine groups is 1. The maximum Gasteiger partial charge on any atom is 0.353 e. The molecule has 10 nitrogen and oxygen atoms in total. The molecule has 1 aliphatic heterocycles. The van der Waals surface area contributed by atoms with Crippen LogP contribution < -0.4 is 11.2 Å². The lowest BCUT2D eigenvalue weighted by Gasteiger charge is -2.01. The number of hydrogen-bond donors (Lipinski definition) is 4. The maximum atomic E-state index is 11.5. The first kappa shape index (κ1) is 10.6. The molecule has 0 fully saturated rings. The molecule has 0 amide bonds. The van der Waals surface area contributed by atoms with Crippen LogP contribution in [0.15, 0.2) is 25.0 Å². The summed E-state index contributed by atoms with van der Waals surface area (Å²) < 4.78 is 0. The van der Waals surface area contributed by atoms with Gasteiger partial charge in [0.05, 0.1) is 0 Å². The summed E-state index contributed by atoms with van der Waals surface area (Å²) in [7, 11) is 0. The van der Waals surface area contributed by atoms with Crippen molar-refractivity contribution in [3.05, 3.63) is 32.1 Å². The van der Waals surface area contributed by atoms with Gasteiger partial charge in [-0.2, -0.15) is 0 Å². The molecule has 1 aliphatic rings. The molecule has 0 saturated heterocycles. The molecule has 17 heavy (non-hydrogen) atoms. The fraction of sp³-hybridized carbons (Fsp3) is 0. The van der Waals surface area contributed by atoms with Crippen molar-refractivity contribution >= 4 is 17.5 Å². The van der Waals surface area contributed by atoms with Gasteiger partial charge in [-0.15, -0.1) is 10.2 Å². The first-order valence-corrected chi connectivity index (χ1v) is 4.18. The number of carboxylic acid groups (broad SMARTS) is 1. The van der Waals surface area contributed by atoms with E-state index in [1.54, 1.807) is 0 Å². The molecule has 86 valence electrons. The average Bonchev–Trinajstić information content (AvgIpc) is 2.63. The Morgan fingerprint density at radius 2 is 2.00 bits per heavy atom. The quantitative estimate of drug-likeness (QED) is 0.512. The second-order valence-corrected chi connectivity index (χ2v) is 2.95. The summed E-state index contributed by atoms with van der Waals surface area (Å²) >= 11 is 0. The number of carbonyl (C=O) groups is 1. The van der Waals surface area contributed by atoms with E-state index in [0.29, 0.717) is 0 Å². The van der Waals surface area contributed by atoms with Crippen molar-refractivity contribution in [1.29, 1.82) is 5.41 Å². The van der Waals surface area contributed by atoms with E-state index in [-0.39, 0.29) is 5.71 Å². The lowest BCUT2D eigenvalue weighted by Crippen LogP contribution is -2.33. The van der Waals surface area contributed by atoms with Gasteiger partial charge in [0.15, 0.2) is 5.84 Å². The van der Waals surface area contributed by atoms with Gasteiger partial charge in [-0.3, -0.25) is 15.2 Å². The van der Waals surface area contributed by atoms with Crippen LogP contribution in [0.25, 0.3) is 0 Å². The second-order valence-electron chi connectivity index (χ2n) is 2.95. The van der Waals surface area contributed by atoms with E-state index in [4.69, 9.17) is 10.5 Å². The van der Waals surface area contributed by atoms with Crippen LogP contribution in [0.1, 0.15) is 16.1 Å². The van der Waals surface area contributed by atoms with Crippen molar-refractivity contribution in [2.24, 2.45) is 15.4 Å². The van der Waals surface area contributed by atoms with Crippen molar-refractivity contribution in [2.75, 3.05) is 0 Å². The van der Waals surface area contributed by atoms with Crippen molar-refractivity contribution in [1.82, 2.24) is 9.97 Å². The third kappa shape index (κ3) is 1.67. The Hall–Kier alpha value is -2.91. The summed E-state index contributed by atoms with van der Waals surface area (Å²) in [6.45, 7) is 0. The molecular weight excluding hydrogens is 232 g/mol. The Morgan fingerprint density at radius 1 is 1.29 bits per heavy atom. The molecule has 1 aromatic heterocycles. The van der Waals surface area contributed by atoms with Crippen LogP contribution in [-0.2, 0) is 0 Å². The minimum atomic E-state index is -1.52. The van der Waals surface area contributed by atoms with E-state index >= 15 is 0 Å². The Labute approximate surface area is 91.2 Å². The largest absolute Gasteiger partial charge is 0.477 e. The molecule has 0 aliphatic carbocycles. The molecule has 0 saturated carbocycles. The van der Waals surface area contributed by atoms with Crippen LogP contribution >= 0.6 is 0 Å². The molecule has 1 aromatic rings. The third-order valence-corrected chi connectivity index (χ3v) is 1.91. The molecule has 10 heteroatoms. The highest BCUT2D eigenvalue weighted by Gasteiger charge is 2.25. The van der Waals surface area contributed by atoms with Gasteiger partial charge in [0.1, 0.15) is 17.0 Å². The van der Waals surface area contributed by atoms with Crippen LogP contribution in [0.2, 0.25) is 0 Å². The van der Waals surface area contributed by atoms with Gasteiger partial charge in [0, 0.05) is 0 Å². The number of aromatic amines is 2. The van der Waals surface area contributed by atoms with Crippen LogP contribution in [0.4, 0.5) is 0 Å². The average molecular weight is 236 g/mol. The molecule has 4 N–H and O–H groups in total. The third-order valence-electron chi connectivity index (χ3n) is 1.91. The summed E-state index contributed by atoms with van der Waals surface area (Å²) in [6, 6.07) is 0. The van der Waals surface area contributed by atoms with Crippen molar-refractivity contribution in [2.45, 2.75) is 0 Å². The monoisotopic (exact) mass is 236 g/mol. The summed E-state index contributed by atoms with van der Waals surface area (Å²) in [5, 5.41) is 25.9. The van der Waals surface area contributed by atoms with Crippen LogP contribution in [0, 0.1) is 5.41 Å². The molecule has 0 bridgehead atoms. The highest BCUT2D eigenvalue weighted by molar-refractivity contribution is 6.48. The van der Waals surface area contributed by atoms with Gasteiger partial charge in [0.25, 0.3) is 5.56 Å². The van der Waals surface area contributed by atoms with Gasteiger partial charge in [-0.1, -0.05) is 0 Å². The summed E-state index contributed by atoms with van der Waals surface area (Å²) in [5.74, 6) is -1.98. The number of hydrogen-bond acceptors (Lipinski definition) is 6. The molecule has 0 unspecified atom stereocenters. The van der Waals surface area contributed by atoms with E-state index in [9.17, 15) is 14.4 Å². The molecule has 0 atom stereocenters. The molecule has 2 heterocycles. The smallest absolute Gasteiger partial charge is 0.353 e. The minimum Gasteiger partial charge on any atom is -0.477 e. The van der Waals surface area contributed by atoms with E-state index in [2.05, 4.69) is 15.4 Å². The lowest BCUT2D eigenvalue weighted by atomic mass is 10.1. The Kier molecular flexibility index (Phi) is 2.24. The molecule has 0 spiro atoms. The zero-order valence-electron chi connectivity index (χ0n) is 8.01. The Balaban J connectivity index is 2.78. The highest BCUT2D eigenvalue weighted by atomic mass is 16.4. The zero-order valence-corrected chi connectivity index (χ0v) is 8.01. The fourth-order valence-electron chi connectivity index (χ4n) is 1.25. The van der Waals surface area contributed by atoms with Crippen molar-refractivity contribution < 1.29 is 9.90 Å². The zero-order chi connectivity index (χ0) is 12.6. The number of H-pyrrole nitrogens is 2. The molecular formula is C7H4N6O4. The minimum absolute atomic E-state index is 0.306. The van der Waals surface area contributed by atoms with Gasteiger partial charge in [0.2, 0.25) is 0 Å². The van der Waals surface area contributed by atoms with Crippen molar-refractivity contribution in [3.63, 3.8) is 0 Å². The van der Waals surface area contributed by atoms with E-state index in [0.717, 1.165) is 0 Å². The van der Waals surface area contributed by atoms with Gasteiger partial charge >= 0.3 is 11.7 Å². The van der Waals surface area contributed by atoms with E-state index < -0.39 is 34.3 Å². The maximum absolute atomic E-state index is 11.5. The van der Waals surface area contributed by atoms with Crippen LogP contribution in [0.5, 0.6) is 0 Å². The second kappa shape index (κ2) is 3.59. The molecule has 0 aromatic carbocycles. The Morgan fingerprint density at radius 3 is 2.53 bits per heavy atom. The predicted octanol–water partition coefficient (Wildman–Crippen LogP) is -1.09. The topological polar surface area (TPSA) is 164 Å². The fourth-order valence-corrected chi connectivity index (χ4v) is 1.25. The summed E-state index contributed by atoms with van der Waals surface area (Å²) in [5.41, 5.74) is -3.35. The molecule has 2 rings (SSSR count). The first-order valence-electron chi connectivity index (χ1n) is 4.18. The number of aromatic nitrogens is 2. The first-order chi connectivity index (χ1) is 8.00. The predicted molar refractivity (Wildman–Crippen MR) is 53.8 cm³/mol. The van der Waals surface area contributed by atoms with Crippen LogP contribution in [0.3, 0.4) is 0 Å². The number of nitrogens with zero attached hydrogens (tertiary/aromatic N) is 3.